The van der Waals surface area contributed by atoms with E-state index < -0.39 is 0 Å². The molecule has 2 N–H and O–H groups in total. The molecule has 0 spiro atoms. The van der Waals surface area contributed by atoms with Crippen LogP contribution in [0.3, 0.4) is 0 Å². The number of nitrogens with one attached hydrogen (secondary N) is 2. The predicted molar refractivity (Wildman–Crippen MR) is 95.4 cm³/mol. The van der Waals surface area contributed by atoms with Crippen molar-refractivity contribution in [3.63, 3.8) is 0 Å². The summed E-state index contributed by atoms with van der Waals surface area (Å²) in [5.41, 5.74) is 4.99. The van der Waals surface area contributed by atoms with E-state index in [1.165, 1.54) is 11.5 Å². The molecule has 124 valence electrons. The van der Waals surface area contributed by atoms with E-state index in [2.05, 4.69) is 25.3 Å². The topological polar surface area (TPSA) is 84.7 Å². The summed E-state index contributed by atoms with van der Waals surface area (Å²) in [4.78, 5) is 12.2. The van der Waals surface area contributed by atoms with Gasteiger partial charge in [-0.2, -0.15) is 5.10 Å². The van der Waals surface area contributed by atoms with Crippen LogP contribution in [0.15, 0.2) is 29.6 Å². The average molecular weight is 342 g/mol. The Hall–Kier alpha value is -2.74. The Bertz CT molecular complexity index is 838. The zero-order valence-corrected chi connectivity index (χ0v) is 14.5. The number of carbonyl (C=O) groups excluding carboxylic acids is 1. The minimum Gasteiger partial charge on any atom is -0.308 e. The van der Waals surface area contributed by atoms with Gasteiger partial charge in [0.15, 0.2) is 0 Å². The molecule has 0 aliphatic carbocycles. The van der Waals surface area contributed by atoms with Crippen LogP contribution in [0.2, 0.25) is 0 Å². The normalized spacial score (nSPS) is 10.6. The van der Waals surface area contributed by atoms with Crippen molar-refractivity contribution in [1.29, 1.82) is 0 Å². The molecule has 0 radical (unpaired) electrons. The number of aryl methyl sites for hydroxylation is 2. The van der Waals surface area contributed by atoms with Crippen molar-refractivity contribution < 1.29 is 4.79 Å². The van der Waals surface area contributed by atoms with Crippen LogP contribution >= 0.6 is 11.5 Å². The molecule has 0 saturated carbocycles. The molecule has 7 nitrogen and oxygen atoms in total. The number of hydrogen-bond donors (Lipinski definition) is 2. The second kappa shape index (κ2) is 6.79. The van der Waals surface area contributed by atoms with E-state index in [1.54, 1.807) is 0 Å². The SMILES string of the molecule is CCn1nc(C)c(NC(=O)Nc2ccc(-c3csnn3)cc2)c1C. The first-order chi connectivity index (χ1) is 11.6. The molecule has 2 heterocycles. The molecular formula is C16H18N6OS. The number of hydrogen-bond acceptors (Lipinski definition) is 5. The first-order valence-electron chi connectivity index (χ1n) is 7.58. The highest BCUT2D eigenvalue weighted by Gasteiger charge is 2.13. The Morgan fingerprint density at radius 3 is 2.54 bits per heavy atom. The lowest BCUT2D eigenvalue weighted by Gasteiger charge is -2.08. The number of rotatable bonds is 4. The maximum Gasteiger partial charge on any atom is 0.323 e. The fraction of sp³-hybridized carbons (Fsp3) is 0.250. The maximum atomic E-state index is 12.2. The number of amides is 2. The summed E-state index contributed by atoms with van der Waals surface area (Å²) >= 11 is 1.31. The molecule has 0 atom stereocenters. The minimum absolute atomic E-state index is 0.292. The van der Waals surface area contributed by atoms with Crippen molar-refractivity contribution in [2.24, 2.45) is 0 Å². The summed E-state index contributed by atoms with van der Waals surface area (Å²) in [6.45, 7) is 6.60. The zero-order chi connectivity index (χ0) is 17.1. The molecule has 1 aromatic carbocycles. The molecule has 2 aromatic heterocycles. The van der Waals surface area contributed by atoms with Gasteiger partial charge in [0.1, 0.15) is 5.69 Å². The molecule has 3 aromatic rings. The Morgan fingerprint density at radius 2 is 1.96 bits per heavy atom. The van der Waals surface area contributed by atoms with Crippen LogP contribution in [0, 0.1) is 13.8 Å². The third kappa shape index (κ3) is 3.28. The van der Waals surface area contributed by atoms with Crippen molar-refractivity contribution in [3.8, 4) is 11.3 Å². The fourth-order valence-corrected chi connectivity index (χ4v) is 2.94. The Morgan fingerprint density at radius 1 is 1.21 bits per heavy atom. The van der Waals surface area contributed by atoms with Crippen LogP contribution in [0.25, 0.3) is 11.3 Å². The van der Waals surface area contributed by atoms with Gasteiger partial charge in [0.05, 0.1) is 17.1 Å². The van der Waals surface area contributed by atoms with Gasteiger partial charge in [-0.3, -0.25) is 4.68 Å². The Kier molecular flexibility index (Phi) is 4.57. The quantitative estimate of drug-likeness (QED) is 0.757. The number of carbonyl (C=O) groups is 1. The lowest BCUT2D eigenvalue weighted by Crippen LogP contribution is -2.20. The van der Waals surface area contributed by atoms with Gasteiger partial charge in [-0.15, -0.1) is 5.10 Å². The third-order valence-electron chi connectivity index (χ3n) is 3.72. The van der Waals surface area contributed by atoms with E-state index in [-0.39, 0.29) is 6.03 Å². The molecule has 0 aliphatic heterocycles. The number of anilines is 2. The molecule has 0 unspecified atom stereocenters. The van der Waals surface area contributed by atoms with Crippen molar-refractivity contribution in [2.45, 2.75) is 27.3 Å². The average Bonchev–Trinajstić information content (AvgIpc) is 3.19. The predicted octanol–water partition coefficient (Wildman–Crippen LogP) is 3.68. The van der Waals surface area contributed by atoms with Crippen molar-refractivity contribution in [1.82, 2.24) is 19.4 Å². The number of nitrogens with zero attached hydrogens (tertiary/aromatic N) is 4. The highest BCUT2D eigenvalue weighted by atomic mass is 32.1. The standard InChI is InChI=1S/C16H18N6OS/c1-4-22-11(3)15(10(2)20-22)18-16(23)17-13-7-5-12(6-8-13)14-9-24-21-19-14/h5-9H,4H2,1-3H3,(H2,17,18,23). The molecule has 2 amide bonds. The highest BCUT2D eigenvalue weighted by molar-refractivity contribution is 7.03. The van der Waals surface area contributed by atoms with Crippen molar-refractivity contribution >= 4 is 28.9 Å². The van der Waals surface area contributed by atoms with Gasteiger partial charge in [0.25, 0.3) is 0 Å². The number of aromatic nitrogens is 4. The van der Waals surface area contributed by atoms with E-state index in [4.69, 9.17) is 0 Å². The number of urea groups is 1. The van der Waals surface area contributed by atoms with Gasteiger partial charge >= 0.3 is 6.03 Å². The molecule has 24 heavy (non-hydrogen) atoms. The van der Waals surface area contributed by atoms with Crippen LogP contribution < -0.4 is 10.6 Å². The molecule has 8 heteroatoms. The second-order valence-electron chi connectivity index (χ2n) is 5.31. The van der Waals surface area contributed by atoms with Crippen LogP contribution in [0.5, 0.6) is 0 Å². The van der Waals surface area contributed by atoms with Crippen LogP contribution in [0.4, 0.5) is 16.2 Å². The summed E-state index contributed by atoms with van der Waals surface area (Å²) in [6, 6.07) is 7.18. The largest absolute Gasteiger partial charge is 0.323 e. The third-order valence-corrected chi connectivity index (χ3v) is 4.22. The minimum atomic E-state index is -0.292. The van der Waals surface area contributed by atoms with Gasteiger partial charge in [-0.1, -0.05) is 16.6 Å². The highest BCUT2D eigenvalue weighted by Crippen LogP contribution is 2.22. The van der Waals surface area contributed by atoms with Gasteiger partial charge in [-0.05, 0) is 44.4 Å². The first-order valence-corrected chi connectivity index (χ1v) is 8.41. The van der Waals surface area contributed by atoms with E-state index in [0.717, 1.165) is 34.9 Å². The molecule has 3 rings (SSSR count). The molecule has 0 saturated heterocycles. The van der Waals surface area contributed by atoms with Crippen LogP contribution in [-0.2, 0) is 6.54 Å². The van der Waals surface area contributed by atoms with Gasteiger partial charge < -0.3 is 10.6 Å². The lowest BCUT2D eigenvalue weighted by molar-refractivity contribution is 0.262. The maximum absolute atomic E-state index is 12.2. The van der Waals surface area contributed by atoms with Crippen LogP contribution in [-0.4, -0.2) is 25.4 Å². The zero-order valence-electron chi connectivity index (χ0n) is 13.7. The molecule has 0 aliphatic rings. The molecule has 0 fully saturated rings. The smallest absolute Gasteiger partial charge is 0.308 e. The summed E-state index contributed by atoms with van der Waals surface area (Å²) in [5.74, 6) is 0. The van der Waals surface area contributed by atoms with Crippen molar-refractivity contribution in [3.05, 3.63) is 41.0 Å². The lowest BCUT2D eigenvalue weighted by atomic mass is 10.1. The van der Waals surface area contributed by atoms with Gasteiger partial charge in [-0.25, -0.2) is 4.79 Å². The Balaban J connectivity index is 1.68. The van der Waals surface area contributed by atoms with Crippen LogP contribution in [0.1, 0.15) is 18.3 Å². The van der Waals surface area contributed by atoms with Gasteiger partial charge in [0, 0.05) is 23.2 Å². The number of benzene rings is 1. The summed E-state index contributed by atoms with van der Waals surface area (Å²) in [6.07, 6.45) is 0. The monoisotopic (exact) mass is 342 g/mol. The first kappa shape index (κ1) is 16.1. The summed E-state index contributed by atoms with van der Waals surface area (Å²) in [7, 11) is 0. The Labute approximate surface area is 143 Å². The fourth-order valence-electron chi connectivity index (χ4n) is 2.48. The van der Waals surface area contributed by atoms with E-state index in [1.807, 2.05) is 55.1 Å². The summed E-state index contributed by atoms with van der Waals surface area (Å²) in [5, 5.41) is 16.0. The molecular weight excluding hydrogens is 324 g/mol. The van der Waals surface area contributed by atoms with Gasteiger partial charge in [0.2, 0.25) is 0 Å². The van der Waals surface area contributed by atoms with E-state index in [0.29, 0.717) is 5.69 Å². The van der Waals surface area contributed by atoms with E-state index in [9.17, 15) is 4.79 Å². The van der Waals surface area contributed by atoms with Crippen molar-refractivity contribution in [2.75, 3.05) is 10.6 Å². The second-order valence-corrected chi connectivity index (χ2v) is 5.92. The van der Waals surface area contributed by atoms with E-state index >= 15 is 0 Å². The summed E-state index contributed by atoms with van der Waals surface area (Å²) < 4.78 is 5.71. The molecule has 0 bridgehead atoms.